The van der Waals surface area contributed by atoms with Crippen molar-refractivity contribution in [2.45, 2.75) is 19.4 Å². The molecule has 2 aliphatic rings. The van der Waals surface area contributed by atoms with Gasteiger partial charge in [-0.3, -0.25) is 14.5 Å². The molecule has 7 nitrogen and oxygen atoms in total. The summed E-state index contributed by atoms with van der Waals surface area (Å²) in [6, 6.07) is 3.89. The number of aryl methyl sites for hydroxylation is 1. The third-order valence-electron chi connectivity index (χ3n) is 4.76. The summed E-state index contributed by atoms with van der Waals surface area (Å²) in [5, 5.41) is 3.01. The van der Waals surface area contributed by atoms with Gasteiger partial charge in [-0.1, -0.05) is 0 Å². The summed E-state index contributed by atoms with van der Waals surface area (Å²) in [6.07, 6.45) is 0.296. The molecule has 0 radical (unpaired) electrons. The molecule has 2 aliphatic heterocycles. The number of nitrogens with one attached hydrogen (secondary N) is 1. The van der Waals surface area contributed by atoms with Gasteiger partial charge < -0.3 is 19.4 Å². The molecule has 0 saturated carbocycles. The van der Waals surface area contributed by atoms with E-state index in [-0.39, 0.29) is 23.8 Å². The predicted octanol–water partition coefficient (Wildman–Crippen LogP) is 0.556. The van der Waals surface area contributed by atoms with Gasteiger partial charge in [0.1, 0.15) is 11.5 Å². The SMILES string of the molecule is Cc1ccc([C@H](CNC(=O)[C@H]2CC(=O)N(C)C2)N2CCOCC2)o1. The van der Waals surface area contributed by atoms with E-state index in [1.807, 2.05) is 19.1 Å². The number of likely N-dealkylation sites (tertiary alicyclic amines) is 1. The summed E-state index contributed by atoms with van der Waals surface area (Å²) < 4.78 is 11.2. The highest BCUT2D eigenvalue weighted by molar-refractivity contribution is 5.89. The number of hydrogen-bond acceptors (Lipinski definition) is 5. The molecule has 1 N–H and O–H groups in total. The first kappa shape index (κ1) is 17.0. The molecule has 1 aromatic heterocycles. The van der Waals surface area contributed by atoms with Crippen molar-refractivity contribution in [3.05, 3.63) is 23.7 Å². The number of nitrogens with zero attached hydrogens (tertiary/aromatic N) is 2. The van der Waals surface area contributed by atoms with Gasteiger partial charge in [-0.2, -0.15) is 0 Å². The lowest BCUT2D eigenvalue weighted by atomic mass is 10.1. The molecular weight excluding hydrogens is 310 g/mol. The molecule has 3 rings (SSSR count). The monoisotopic (exact) mass is 335 g/mol. The van der Waals surface area contributed by atoms with Crippen molar-refractivity contribution < 1.29 is 18.7 Å². The lowest BCUT2D eigenvalue weighted by Crippen LogP contribution is -2.44. The molecule has 2 atom stereocenters. The number of ether oxygens (including phenoxy) is 1. The molecule has 0 aromatic carbocycles. The highest BCUT2D eigenvalue weighted by Crippen LogP contribution is 2.24. The van der Waals surface area contributed by atoms with E-state index in [2.05, 4.69) is 10.2 Å². The molecular formula is C17H25N3O4. The summed E-state index contributed by atoms with van der Waals surface area (Å²) in [7, 11) is 1.73. The van der Waals surface area contributed by atoms with Gasteiger partial charge in [0, 0.05) is 39.6 Å². The van der Waals surface area contributed by atoms with Crippen LogP contribution >= 0.6 is 0 Å². The van der Waals surface area contributed by atoms with Gasteiger partial charge in [-0.25, -0.2) is 0 Å². The van der Waals surface area contributed by atoms with Gasteiger partial charge in [-0.05, 0) is 19.1 Å². The molecule has 3 heterocycles. The van der Waals surface area contributed by atoms with Gasteiger partial charge in [0.2, 0.25) is 11.8 Å². The summed E-state index contributed by atoms with van der Waals surface area (Å²) in [4.78, 5) is 27.9. The molecule has 132 valence electrons. The van der Waals surface area contributed by atoms with Crippen LogP contribution in [0.1, 0.15) is 24.0 Å². The highest BCUT2D eigenvalue weighted by Gasteiger charge is 2.33. The fourth-order valence-electron chi connectivity index (χ4n) is 3.31. The second-order valence-corrected chi connectivity index (χ2v) is 6.53. The Morgan fingerprint density at radius 3 is 2.71 bits per heavy atom. The van der Waals surface area contributed by atoms with Crippen LogP contribution in [0.25, 0.3) is 0 Å². The Balaban J connectivity index is 1.63. The lowest BCUT2D eigenvalue weighted by Gasteiger charge is -2.33. The maximum atomic E-state index is 12.4. The maximum absolute atomic E-state index is 12.4. The van der Waals surface area contributed by atoms with Crippen molar-refractivity contribution >= 4 is 11.8 Å². The summed E-state index contributed by atoms with van der Waals surface area (Å²) in [5.74, 6) is 1.42. The molecule has 0 spiro atoms. The fourth-order valence-corrected chi connectivity index (χ4v) is 3.31. The van der Waals surface area contributed by atoms with Crippen LogP contribution in [0.2, 0.25) is 0 Å². The van der Waals surface area contributed by atoms with Gasteiger partial charge in [0.05, 0.1) is 25.2 Å². The Labute approximate surface area is 141 Å². The summed E-state index contributed by atoms with van der Waals surface area (Å²) >= 11 is 0. The second kappa shape index (κ2) is 7.36. The number of rotatable bonds is 5. The van der Waals surface area contributed by atoms with Crippen LogP contribution in [-0.2, 0) is 14.3 Å². The van der Waals surface area contributed by atoms with Crippen molar-refractivity contribution in [3.63, 3.8) is 0 Å². The number of morpholine rings is 1. The quantitative estimate of drug-likeness (QED) is 0.851. The zero-order chi connectivity index (χ0) is 17.1. The van der Waals surface area contributed by atoms with Crippen LogP contribution in [0, 0.1) is 12.8 Å². The van der Waals surface area contributed by atoms with E-state index in [1.54, 1.807) is 11.9 Å². The molecule has 24 heavy (non-hydrogen) atoms. The van der Waals surface area contributed by atoms with Crippen LogP contribution in [0.3, 0.4) is 0 Å². The molecule has 0 aliphatic carbocycles. The van der Waals surface area contributed by atoms with Crippen molar-refractivity contribution in [2.24, 2.45) is 5.92 Å². The largest absolute Gasteiger partial charge is 0.465 e. The van der Waals surface area contributed by atoms with Crippen molar-refractivity contribution in [3.8, 4) is 0 Å². The van der Waals surface area contributed by atoms with E-state index in [4.69, 9.17) is 9.15 Å². The minimum absolute atomic E-state index is 0.0126. The third-order valence-corrected chi connectivity index (χ3v) is 4.76. The zero-order valence-electron chi connectivity index (χ0n) is 14.3. The molecule has 1 aromatic rings. The Kier molecular flexibility index (Phi) is 5.20. The summed E-state index contributed by atoms with van der Waals surface area (Å²) in [5.41, 5.74) is 0. The molecule has 7 heteroatoms. The van der Waals surface area contributed by atoms with Crippen molar-refractivity contribution in [1.29, 1.82) is 0 Å². The number of carbonyl (C=O) groups excluding carboxylic acids is 2. The van der Waals surface area contributed by atoms with Crippen LogP contribution in [0.15, 0.2) is 16.5 Å². The second-order valence-electron chi connectivity index (χ2n) is 6.53. The molecule has 0 bridgehead atoms. The lowest BCUT2D eigenvalue weighted by molar-refractivity contribution is -0.128. The number of hydrogen-bond donors (Lipinski definition) is 1. The van der Waals surface area contributed by atoms with Gasteiger partial charge in [0.25, 0.3) is 0 Å². The Hall–Kier alpha value is -1.86. The first-order valence-corrected chi connectivity index (χ1v) is 8.44. The normalized spacial score (nSPS) is 23.5. The molecule has 0 unspecified atom stereocenters. The zero-order valence-corrected chi connectivity index (χ0v) is 14.3. The first-order valence-electron chi connectivity index (χ1n) is 8.44. The minimum Gasteiger partial charge on any atom is -0.465 e. The van der Waals surface area contributed by atoms with Crippen molar-refractivity contribution in [2.75, 3.05) is 46.4 Å². The van der Waals surface area contributed by atoms with Gasteiger partial charge in [0.15, 0.2) is 0 Å². The van der Waals surface area contributed by atoms with E-state index in [0.29, 0.717) is 32.7 Å². The van der Waals surface area contributed by atoms with E-state index in [0.717, 1.165) is 24.6 Å². The van der Waals surface area contributed by atoms with E-state index >= 15 is 0 Å². The average Bonchev–Trinajstić information content (AvgIpc) is 3.15. The summed E-state index contributed by atoms with van der Waals surface area (Å²) in [6.45, 7) is 5.87. The molecule has 2 amide bonds. The van der Waals surface area contributed by atoms with Crippen LogP contribution in [-0.4, -0.2) is 68.1 Å². The van der Waals surface area contributed by atoms with Gasteiger partial charge >= 0.3 is 0 Å². The van der Waals surface area contributed by atoms with Crippen LogP contribution in [0.5, 0.6) is 0 Å². The van der Waals surface area contributed by atoms with Crippen LogP contribution < -0.4 is 5.32 Å². The predicted molar refractivity (Wildman–Crippen MR) is 87.3 cm³/mol. The Morgan fingerprint density at radius 1 is 1.38 bits per heavy atom. The van der Waals surface area contributed by atoms with Gasteiger partial charge in [-0.15, -0.1) is 0 Å². The highest BCUT2D eigenvalue weighted by atomic mass is 16.5. The average molecular weight is 335 g/mol. The molecule has 2 saturated heterocycles. The third kappa shape index (κ3) is 3.79. The molecule has 2 fully saturated rings. The first-order chi connectivity index (χ1) is 11.5. The van der Waals surface area contributed by atoms with Crippen LogP contribution in [0.4, 0.5) is 0 Å². The minimum atomic E-state index is -0.258. The standard InChI is InChI=1S/C17H25N3O4/c1-12-3-4-15(24-12)14(20-5-7-23-8-6-20)10-18-17(22)13-9-16(21)19(2)11-13/h3-4,13-14H,5-11H2,1-2H3,(H,18,22)/t13-,14-/m0/s1. The van der Waals surface area contributed by atoms with E-state index in [1.165, 1.54) is 0 Å². The van der Waals surface area contributed by atoms with E-state index in [9.17, 15) is 9.59 Å². The Bertz CT molecular complexity index is 594. The fraction of sp³-hybridized carbons (Fsp3) is 0.647. The number of furan rings is 1. The number of carbonyl (C=O) groups is 2. The van der Waals surface area contributed by atoms with E-state index < -0.39 is 0 Å². The maximum Gasteiger partial charge on any atom is 0.225 e. The van der Waals surface area contributed by atoms with Crippen molar-refractivity contribution in [1.82, 2.24) is 15.1 Å². The Morgan fingerprint density at radius 2 is 2.12 bits per heavy atom. The smallest absolute Gasteiger partial charge is 0.225 e. The number of amides is 2. The topological polar surface area (TPSA) is 75.0 Å².